The first-order valence-electron chi connectivity index (χ1n) is 9.69. The third kappa shape index (κ3) is 4.15. The van der Waals surface area contributed by atoms with Crippen LogP contribution >= 0.6 is 12.2 Å². The molecule has 1 aromatic carbocycles. The molecule has 0 amide bonds. The van der Waals surface area contributed by atoms with Gasteiger partial charge in [-0.25, -0.2) is 0 Å². The fourth-order valence-electron chi connectivity index (χ4n) is 3.65. The molecule has 0 atom stereocenters. The zero-order chi connectivity index (χ0) is 20.2. The number of aromatic nitrogens is 1. The van der Waals surface area contributed by atoms with E-state index < -0.39 is 0 Å². The Kier molecular flexibility index (Phi) is 5.58. The van der Waals surface area contributed by atoms with E-state index in [9.17, 15) is 0 Å². The van der Waals surface area contributed by atoms with Gasteiger partial charge in [-0.15, -0.1) is 0 Å². The number of fused-ring (bicyclic) bond motifs is 1. The number of nitrogens with zero attached hydrogens (tertiary/aromatic N) is 6. The predicted octanol–water partition coefficient (Wildman–Crippen LogP) is 2.19. The molecule has 2 aromatic rings. The largest absolute Gasteiger partial charge is 0.372 e. The van der Waals surface area contributed by atoms with Crippen LogP contribution in [0.15, 0.2) is 47.7 Å². The van der Waals surface area contributed by atoms with E-state index in [1.54, 1.807) is 6.20 Å². The lowest BCUT2D eigenvalue weighted by atomic mass is 10.1. The van der Waals surface area contributed by atoms with Gasteiger partial charge in [-0.3, -0.25) is 10.4 Å². The van der Waals surface area contributed by atoms with Crippen molar-refractivity contribution < 1.29 is 0 Å². The number of thiocarbonyl (C=S) groups is 1. The van der Waals surface area contributed by atoms with Crippen molar-refractivity contribution in [1.82, 2.24) is 15.3 Å². The van der Waals surface area contributed by atoms with Crippen molar-refractivity contribution in [1.29, 1.82) is 5.26 Å². The van der Waals surface area contributed by atoms with Gasteiger partial charge in [-0.2, -0.15) is 10.4 Å². The quantitative estimate of drug-likeness (QED) is 0.607. The van der Waals surface area contributed by atoms with Crippen LogP contribution in [0.4, 0.5) is 11.4 Å². The maximum Gasteiger partial charge on any atom is 0.189 e. The third-order valence-electron chi connectivity index (χ3n) is 5.37. The van der Waals surface area contributed by atoms with Gasteiger partial charge in [0.2, 0.25) is 0 Å². The molecule has 1 N–H and O–H groups in total. The van der Waals surface area contributed by atoms with Gasteiger partial charge in [-0.1, -0.05) is 0 Å². The summed E-state index contributed by atoms with van der Waals surface area (Å²) < 4.78 is 0. The summed E-state index contributed by atoms with van der Waals surface area (Å²) in [5, 5.41) is 14.2. The minimum atomic E-state index is 0.647. The molecule has 0 saturated carbocycles. The highest BCUT2D eigenvalue weighted by Crippen LogP contribution is 2.23. The summed E-state index contributed by atoms with van der Waals surface area (Å²) in [5.41, 5.74) is 7.86. The number of hydrogen-bond acceptors (Lipinski definition) is 6. The molecule has 3 heterocycles. The highest BCUT2D eigenvalue weighted by molar-refractivity contribution is 7.80. The van der Waals surface area contributed by atoms with Crippen LogP contribution in [0.3, 0.4) is 0 Å². The first kappa shape index (κ1) is 19.2. The van der Waals surface area contributed by atoms with Crippen molar-refractivity contribution >= 4 is 34.4 Å². The first-order chi connectivity index (χ1) is 14.2. The molecule has 8 heteroatoms. The van der Waals surface area contributed by atoms with Crippen LogP contribution in [0.2, 0.25) is 0 Å². The summed E-state index contributed by atoms with van der Waals surface area (Å²) >= 11 is 5.57. The molecule has 7 nitrogen and oxygen atoms in total. The number of anilines is 2. The van der Waals surface area contributed by atoms with Crippen molar-refractivity contribution in [2.75, 3.05) is 49.6 Å². The Hall–Kier alpha value is -3.18. The summed E-state index contributed by atoms with van der Waals surface area (Å²) in [6, 6.07) is 13.9. The summed E-state index contributed by atoms with van der Waals surface area (Å²) in [6.07, 6.45) is 2.64. The molecule has 2 aliphatic rings. The monoisotopic (exact) mass is 405 g/mol. The molecule has 29 heavy (non-hydrogen) atoms. The van der Waals surface area contributed by atoms with Crippen molar-refractivity contribution in [2.24, 2.45) is 5.10 Å². The van der Waals surface area contributed by atoms with Crippen LogP contribution < -0.4 is 15.2 Å². The highest BCUT2D eigenvalue weighted by Gasteiger charge is 2.22. The zero-order valence-corrected chi connectivity index (χ0v) is 17.2. The molecule has 148 valence electrons. The van der Waals surface area contributed by atoms with Gasteiger partial charge in [0.05, 0.1) is 23.0 Å². The van der Waals surface area contributed by atoms with E-state index >= 15 is 0 Å². The highest BCUT2D eigenvalue weighted by atomic mass is 32.1. The predicted molar refractivity (Wildman–Crippen MR) is 119 cm³/mol. The van der Waals surface area contributed by atoms with Gasteiger partial charge < -0.3 is 14.7 Å². The normalized spacial score (nSPS) is 17.7. The van der Waals surface area contributed by atoms with E-state index in [-0.39, 0.29) is 0 Å². The van der Waals surface area contributed by atoms with Crippen LogP contribution in [-0.4, -0.2) is 60.5 Å². The SMILES string of the molecule is CN1CC/C(=N/NC(=S)N2CCN(c3ccc(C#N)cc3)CC2)c2ncccc21. The lowest BCUT2D eigenvalue weighted by molar-refractivity contribution is 0.381. The molecule has 1 aromatic heterocycles. The van der Waals surface area contributed by atoms with Crippen LogP contribution in [0.25, 0.3) is 0 Å². The van der Waals surface area contributed by atoms with E-state index in [2.05, 4.69) is 49.4 Å². The fraction of sp³-hybridized carbons (Fsp3) is 0.333. The fourth-order valence-corrected chi connectivity index (χ4v) is 3.88. The van der Waals surface area contributed by atoms with Crippen LogP contribution in [0.1, 0.15) is 17.7 Å². The molecular weight excluding hydrogens is 382 g/mol. The van der Waals surface area contributed by atoms with E-state index in [0.29, 0.717) is 10.7 Å². The smallest absolute Gasteiger partial charge is 0.189 e. The number of rotatable bonds is 2. The molecule has 2 aliphatic heterocycles. The van der Waals surface area contributed by atoms with Crippen LogP contribution in [0.5, 0.6) is 0 Å². The molecular formula is C21H23N7S. The Balaban J connectivity index is 1.35. The second-order valence-corrected chi connectivity index (χ2v) is 7.54. The van der Waals surface area contributed by atoms with Gasteiger partial charge in [0.25, 0.3) is 0 Å². The summed E-state index contributed by atoms with van der Waals surface area (Å²) in [6.45, 7) is 4.32. The Morgan fingerprint density at radius 3 is 2.62 bits per heavy atom. The maximum atomic E-state index is 8.94. The third-order valence-corrected chi connectivity index (χ3v) is 5.72. The molecule has 0 radical (unpaired) electrons. The first-order valence-corrected chi connectivity index (χ1v) is 10.1. The number of pyridine rings is 1. The van der Waals surface area contributed by atoms with Gasteiger partial charge in [0.15, 0.2) is 5.11 Å². The van der Waals surface area contributed by atoms with E-state index in [4.69, 9.17) is 17.5 Å². The summed E-state index contributed by atoms with van der Waals surface area (Å²) in [5.74, 6) is 0. The standard InChI is InChI=1S/C21H23N7S/c1-26-10-8-18(20-19(26)3-2-9-23-20)24-25-21(29)28-13-11-27(12-14-28)17-6-4-16(15-22)5-7-17/h2-7,9H,8,10-14H2,1H3,(H,25,29)/b24-18-. The average molecular weight is 406 g/mol. The summed E-state index contributed by atoms with van der Waals surface area (Å²) in [4.78, 5) is 11.2. The topological polar surface area (TPSA) is 70.8 Å². The minimum absolute atomic E-state index is 0.647. The maximum absolute atomic E-state index is 8.94. The number of hydrazone groups is 1. The lowest BCUT2D eigenvalue weighted by Crippen LogP contribution is -2.51. The zero-order valence-electron chi connectivity index (χ0n) is 16.4. The molecule has 0 aliphatic carbocycles. The Bertz CT molecular complexity index is 956. The summed E-state index contributed by atoms with van der Waals surface area (Å²) in [7, 11) is 2.07. The number of nitrogens with one attached hydrogen (secondary N) is 1. The van der Waals surface area contributed by atoms with Gasteiger partial charge >= 0.3 is 0 Å². The molecule has 0 unspecified atom stereocenters. The second-order valence-electron chi connectivity index (χ2n) is 7.15. The average Bonchev–Trinajstić information content (AvgIpc) is 2.79. The molecule has 0 spiro atoms. The van der Waals surface area contributed by atoms with Crippen molar-refractivity contribution in [3.63, 3.8) is 0 Å². The van der Waals surface area contributed by atoms with E-state index in [1.165, 1.54) is 0 Å². The Morgan fingerprint density at radius 1 is 1.14 bits per heavy atom. The molecule has 1 fully saturated rings. The lowest BCUT2D eigenvalue weighted by Gasteiger charge is -2.37. The van der Waals surface area contributed by atoms with Gasteiger partial charge in [0, 0.05) is 58.1 Å². The Labute approximate surface area is 176 Å². The van der Waals surface area contributed by atoms with Gasteiger partial charge in [0.1, 0.15) is 5.69 Å². The number of nitriles is 1. The van der Waals surface area contributed by atoms with E-state index in [1.807, 2.05) is 30.3 Å². The Morgan fingerprint density at radius 2 is 1.90 bits per heavy atom. The van der Waals surface area contributed by atoms with Crippen molar-refractivity contribution in [3.8, 4) is 6.07 Å². The molecule has 1 saturated heterocycles. The molecule has 4 rings (SSSR count). The van der Waals surface area contributed by atoms with Crippen LogP contribution in [-0.2, 0) is 0 Å². The van der Waals surface area contributed by atoms with Crippen molar-refractivity contribution in [2.45, 2.75) is 6.42 Å². The van der Waals surface area contributed by atoms with E-state index in [0.717, 1.165) is 61.9 Å². The van der Waals surface area contributed by atoms with Gasteiger partial charge in [-0.05, 0) is 48.6 Å². The molecule has 0 bridgehead atoms. The second kappa shape index (κ2) is 8.45. The van der Waals surface area contributed by atoms with Crippen molar-refractivity contribution in [3.05, 3.63) is 53.9 Å². The number of hydrogen-bond donors (Lipinski definition) is 1. The van der Waals surface area contributed by atoms with Crippen LogP contribution in [0, 0.1) is 11.3 Å². The minimum Gasteiger partial charge on any atom is -0.372 e. The number of piperazine rings is 1. The number of benzene rings is 1.